The molecule has 1 aliphatic heterocycles. The van der Waals surface area contributed by atoms with Crippen LogP contribution >= 0.6 is 15.9 Å². The molecule has 1 atom stereocenters. The van der Waals surface area contributed by atoms with E-state index in [2.05, 4.69) is 26.0 Å². The topological polar surface area (TPSA) is 101 Å². The van der Waals surface area contributed by atoms with Crippen molar-refractivity contribution in [3.05, 3.63) is 28.2 Å². The molecule has 1 heterocycles. The summed E-state index contributed by atoms with van der Waals surface area (Å²) in [6.07, 6.45) is 0.952. The molecule has 1 aliphatic rings. The fourth-order valence-corrected chi connectivity index (χ4v) is 3.89. The molecule has 0 spiro atoms. The Balaban J connectivity index is 2.17. The van der Waals surface area contributed by atoms with Gasteiger partial charge in [0.15, 0.2) is 0 Å². The monoisotopic (exact) mass is 361 g/mol. The van der Waals surface area contributed by atoms with Crippen LogP contribution in [0, 0.1) is 5.92 Å². The first-order valence-electron chi connectivity index (χ1n) is 6.19. The molecule has 8 heteroatoms. The van der Waals surface area contributed by atoms with E-state index < -0.39 is 15.9 Å². The van der Waals surface area contributed by atoms with Crippen molar-refractivity contribution in [3.63, 3.8) is 0 Å². The lowest BCUT2D eigenvalue weighted by molar-refractivity contribution is 0.1000. The molecule has 0 aromatic heterocycles. The van der Waals surface area contributed by atoms with Gasteiger partial charge in [0.05, 0.1) is 4.90 Å². The summed E-state index contributed by atoms with van der Waals surface area (Å²) >= 11 is 3.18. The molecule has 20 heavy (non-hydrogen) atoms. The summed E-state index contributed by atoms with van der Waals surface area (Å²) in [5.74, 6) is -0.365. The first-order valence-corrected chi connectivity index (χ1v) is 8.47. The number of halogens is 1. The van der Waals surface area contributed by atoms with Crippen molar-refractivity contribution in [2.75, 3.05) is 19.6 Å². The van der Waals surface area contributed by atoms with Gasteiger partial charge in [0, 0.05) is 16.6 Å². The van der Waals surface area contributed by atoms with Gasteiger partial charge in [-0.1, -0.05) is 15.9 Å². The van der Waals surface area contributed by atoms with Gasteiger partial charge in [-0.3, -0.25) is 4.79 Å². The van der Waals surface area contributed by atoms with E-state index in [1.165, 1.54) is 18.2 Å². The van der Waals surface area contributed by atoms with Crippen LogP contribution in [0.25, 0.3) is 0 Å². The molecule has 0 bridgehead atoms. The Morgan fingerprint density at radius 3 is 2.80 bits per heavy atom. The normalized spacial score (nSPS) is 19.1. The number of carbonyl (C=O) groups is 1. The van der Waals surface area contributed by atoms with Gasteiger partial charge in [-0.05, 0) is 43.6 Å². The Bertz CT molecular complexity index is 612. The highest BCUT2D eigenvalue weighted by Gasteiger charge is 2.20. The maximum atomic E-state index is 12.2. The van der Waals surface area contributed by atoms with Crippen LogP contribution in [-0.4, -0.2) is 34.0 Å². The molecule has 1 aromatic rings. The van der Waals surface area contributed by atoms with Gasteiger partial charge in [0.25, 0.3) is 0 Å². The van der Waals surface area contributed by atoms with Gasteiger partial charge in [0.1, 0.15) is 0 Å². The number of sulfonamides is 1. The van der Waals surface area contributed by atoms with Gasteiger partial charge < -0.3 is 11.1 Å². The molecule has 0 saturated carbocycles. The first-order chi connectivity index (χ1) is 9.38. The third-order valence-electron chi connectivity index (χ3n) is 3.19. The van der Waals surface area contributed by atoms with E-state index in [9.17, 15) is 13.2 Å². The lowest BCUT2D eigenvalue weighted by atomic mass is 10.1. The molecule has 4 N–H and O–H groups in total. The van der Waals surface area contributed by atoms with Crippen molar-refractivity contribution in [3.8, 4) is 0 Å². The van der Waals surface area contributed by atoms with Crippen LogP contribution in [0.2, 0.25) is 0 Å². The Morgan fingerprint density at radius 1 is 1.45 bits per heavy atom. The average molecular weight is 362 g/mol. The number of carbonyl (C=O) groups excluding carboxylic acids is 1. The van der Waals surface area contributed by atoms with E-state index in [0.29, 0.717) is 16.9 Å². The Labute approximate surface area is 126 Å². The molecule has 110 valence electrons. The van der Waals surface area contributed by atoms with Crippen LogP contribution in [0.5, 0.6) is 0 Å². The maximum Gasteiger partial charge on any atom is 0.248 e. The number of benzene rings is 1. The molecule has 1 fully saturated rings. The minimum Gasteiger partial charge on any atom is -0.366 e. The zero-order valence-corrected chi connectivity index (χ0v) is 13.1. The van der Waals surface area contributed by atoms with E-state index in [0.717, 1.165) is 19.5 Å². The van der Waals surface area contributed by atoms with Crippen LogP contribution in [0.3, 0.4) is 0 Å². The maximum absolute atomic E-state index is 12.2. The molecule has 6 nitrogen and oxygen atoms in total. The van der Waals surface area contributed by atoms with E-state index in [1.54, 1.807) is 0 Å². The molecule has 1 saturated heterocycles. The number of nitrogens with one attached hydrogen (secondary N) is 2. The summed E-state index contributed by atoms with van der Waals surface area (Å²) in [5.41, 5.74) is 5.34. The van der Waals surface area contributed by atoms with Crippen molar-refractivity contribution in [2.45, 2.75) is 11.3 Å². The zero-order chi connectivity index (χ0) is 14.8. The predicted octanol–water partition coefficient (Wildman–Crippen LogP) is 0.436. The first kappa shape index (κ1) is 15.4. The number of hydrogen-bond acceptors (Lipinski definition) is 4. The Hall–Kier alpha value is -0.960. The van der Waals surface area contributed by atoms with E-state index in [4.69, 9.17) is 5.73 Å². The highest BCUT2D eigenvalue weighted by atomic mass is 79.9. The van der Waals surface area contributed by atoms with Gasteiger partial charge >= 0.3 is 0 Å². The lowest BCUT2D eigenvalue weighted by Crippen LogP contribution is -2.30. The van der Waals surface area contributed by atoms with Crippen LogP contribution in [0.1, 0.15) is 16.8 Å². The van der Waals surface area contributed by atoms with Crippen molar-refractivity contribution in [1.29, 1.82) is 0 Å². The molecule has 0 aliphatic carbocycles. The number of hydrogen-bond donors (Lipinski definition) is 3. The Morgan fingerprint density at radius 2 is 2.20 bits per heavy atom. The summed E-state index contributed by atoms with van der Waals surface area (Å²) in [6.45, 7) is 2.11. The summed E-state index contributed by atoms with van der Waals surface area (Å²) in [5, 5.41) is 3.18. The van der Waals surface area contributed by atoms with E-state index >= 15 is 0 Å². The summed E-state index contributed by atoms with van der Waals surface area (Å²) in [4.78, 5) is 11.2. The largest absolute Gasteiger partial charge is 0.366 e. The second kappa shape index (κ2) is 6.21. The van der Waals surface area contributed by atoms with E-state index in [-0.39, 0.29) is 10.5 Å². The van der Waals surface area contributed by atoms with Gasteiger partial charge in [0.2, 0.25) is 15.9 Å². The standard InChI is InChI=1S/C12H16BrN3O3S/c13-10-3-9(12(14)17)4-11(5-10)20(18,19)16-7-8-1-2-15-6-8/h3-5,8,15-16H,1-2,6-7H2,(H2,14,17). The van der Waals surface area contributed by atoms with Crippen molar-refractivity contribution in [2.24, 2.45) is 11.7 Å². The van der Waals surface area contributed by atoms with Gasteiger partial charge in [-0.15, -0.1) is 0 Å². The Kier molecular flexibility index (Phi) is 4.79. The zero-order valence-electron chi connectivity index (χ0n) is 10.7. The molecule has 1 unspecified atom stereocenters. The van der Waals surface area contributed by atoms with E-state index in [1.807, 2.05) is 0 Å². The van der Waals surface area contributed by atoms with Crippen molar-refractivity contribution >= 4 is 31.9 Å². The van der Waals surface area contributed by atoms with Crippen LogP contribution in [0.4, 0.5) is 0 Å². The fourth-order valence-electron chi connectivity index (χ4n) is 2.06. The molecular weight excluding hydrogens is 346 g/mol. The lowest BCUT2D eigenvalue weighted by Gasteiger charge is -2.11. The second-order valence-electron chi connectivity index (χ2n) is 4.75. The number of primary amides is 1. The number of amides is 1. The highest BCUT2D eigenvalue weighted by Crippen LogP contribution is 2.19. The van der Waals surface area contributed by atoms with Crippen molar-refractivity contribution < 1.29 is 13.2 Å². The molecular formula is C12H16BrN3O3S. The average Bonchev–Trinajstić information content (AvgIpc) is 2.89. The highest BCUT2D eigenvalue weighted by molar-refractivity contribution is 9.10. The predicted molar refractivity (Wildman–Crippen MR) is 78.8 cm³/mol. The van der Waals surface area contributed by atoms with Crippen LogP contribution in [0.15, 0.2) is 27.6 Å². The second-order valence-corrected chi connectivity index (χ2v) is 7.43. The van der Waals surface area contributed by atoms with Crippen LogP contribution in [-0.2, 0) is 10.0 Å². The smallest absolute Gasteiger partial charge is 0.248 e. The summed E-state index contributed by atoms with van der Waals surface area (Å²) in [6, 6.07) is 4.21. The minimum absolute atomic E-state index is 0.0339. The fraction of sp³-hybridized carbons (Fsp3) is 0.417. The van der Waals surface area contributed by atoms with Crippen molar-refractivity contribution in [1.82, 2.24) is 10.0 Å². The molecule has 1 amide bonds. The SMILES string of the molecule is NC(=O)c1cc(Br)cc(S(=O)(=O)NCC2CCNC2)c1. The molecule has 2 rings (SSSR count). The third kappa shape index (κ3) is 3.78. The van der Waals surface area contributed by atoms with Gasteiger partial charge in [-0.2, -0.15) is 0 Å². The summed E-state index contributed by atoms with van der Waals surface area (Å²) < 4.78 is 27.5. The minimum atomic E-state index is -3.64. The van der Waals surface area contributed by atoms with Crippen LogP contribution < -0.4 is 15.8 Å². The molecule has 0 radical (unpaired) electrons. The number of nitrogens with two attached hydrogens (primary N) is 1. The number of rotatable bonds is 5. The quantitative estimate of drug-likeness (QED) is 0.707. The molecule has 1 aromatic carbocycles. The summed E-state index contributed by atoms with van der Waals surface area (Å²) in [7, 11) is -3.64. The third-order valence-corrected chi connectivity index (χ3v) is 5.05. The van der Waals surface area contributed by atoms with Gasteiger partial charge in [-0.25, -0.2) is 13.1 Å².